The van der Waals surface area contributed by atoms with Crippen LogP contribution in [0.4, 0.5) is 8.78 Å². The van der Waals surface area contributed by atoms with Gasteiger partial charge in [-0.3, -0.25) is 0 Å². The molecule has 0 heterocycles. The third-order valence-corrected chi connectivity index (χ3v) is 6.63. The molecule has 1 aliphatic carbocycles. The van der Waals surface area contributed by atoms with Crippen LogP contribution < -0.4 is 0 Å². The number of sulfonamides is 1. The van der Waals surface area contributed by atoms with Crippen molar-refractivity contribution >= 4 is 26.0 Å². The monoisotopic (exact) mass is 367 g/mol. The Bertz CT molecular complexity index is 594. The average Bonchev–Trinajstić information content (AvgIpc) is 2.41. The predicted octanol–water partition coefficient (Wildman–Crippen LogP) is 3.29. The van der Waals surface area contributed by atoms with Crippen LogP contribution in [-0.4, -0.2) is 30.6 Å². The maximum atomic E-state index is 13.2. The number of hydrogen-bond acceptors (Lipinski definition) is 2. The molecule has 0 N–H and O–H groups in total. The minimum atomic E-state index is -3.81. The SMILES string of the molecule is CN(C1CCCCC1Br)S(=O)(=O)c1ccc(F)c(F)c1. The second-order valence-electron chi connectivity index (χ2n) is 4.96. The van der Waals surface area contributed by atoms with Crippen LogP contribution in [0.5, 0.6) is 0 Å². The Morgan fingerprint density at radius 3 is 2.45 bits per heavy atom. The summed E-state index contributed by atoms with van der Waals surface area (Å²) in [7, 11) is -2.33. The van der Waals surface area contributed by atoms with E-state index in [2.05, 4.69) is 15.9 Å². The predicted molar refractivity (Wildman–Crippen MR) is 76.3 cm³/mol. The Labute approximate surface area is 126 Å². The largest absolute Gasteiger partial charge is 0.243 e. The highest BCUT2D eigenvalue weighted by molar-refractivity contribution is 9.09. The average molecular weight is 368 g/mol. The third-order valence-electron chi connectivity index (χ3n) is 3.68. The van der Waals surface area contributed by atoms with E-state index in [0.29, 0.717) is 0 Å². The fourth-order valence-corrected chi connectivity index (χ4v) is 4.99. The molecule has 0 spiro atoms. The van der Waals surface area contributed by atoms with E-state index in [0.717, 1.165) is 43.9 Å². The van der Waals surface area contributed by atoms with E-state index in [4.69, 9.17) is 0 Å². The molecule has 2 rings (SSSR count). The van der Waals surface area contributed by atoms with Gasteiger partial charge < -0.3 is 0 Å². The first-order chi connectivity index (χ1) is 9.34. The van der Waals surface area contributed by atoms with E-state index < -0.39 is 21.7 Å². The maximum absolute atomic E-state index is 13.2. The third kappa shape index (κ3) is 3.04. The van der Waals surface area contributed by atoms with Gasteiger partial charge in [0, 0.05) is 17.9 Å². The van der Waals surface area contributed by atoms with Crippen LogP contribution in [0.1, 0.15) is 25.7 Å². The summed E-state index contributed by atoms with van der Waals surface area (Å²) < 4.78 is 52.3. The van der Waals surface area contributed by atoms with Crippen LogP contribution in [0, 0.1) is 11.6 Å². The Kier molecular flexibility index (Phi) is 4.81. The molecule has 1 aromatic rings. The van der Waals surface area contributed by atoms with Crippen molar-refractivity contribution in [3.63, 3.8) is 0 Å². The summed E-state index contributed by atoms with van der Waals surface area (Å²) in [5, 5.41) is 0. The van der Waals surface area contributed by atoms with Gasteiger partial charge in [0.1, 0.15) is 0 Å². The number of nitrogens with zero attached hydrogens (tertiary/aromatic N) is 1. The number of benzene rings is 1. The van der Waals surface area contributed by atoms with Gasteiger partial charge in [-0.05, 0) is 31.0 Å². The first-order valence-electron chi connectivity index (χ1n) is 6.41. The maximum Gasteiger partial charge on any atom is 0.243 e. The van der Waals surface area contributed by atoms with E-state index in [1.54, 1.807) is 0 Å². The zero-order valence-corrected chi connectivity index (χ0v) is 13.4. The molecule has 0 amide bonds. The Morgan fingerprint density at radius 2 is 1.85 bits per heavy atom. The van der Waals surface area contributed by atoms with Crippen molar-refractivity contribution in [1.29, 1.82) is 0 Å². The molecule has 3 nitrogen and oxygen atoms in total. The Hall–Kier alpha value is -0.530. The van der Waals surface area contributed by atoms with Gasteiger partial charge in [0.2, 0.25) is 10.0 Å². The fourth-order valence-electron chi connectivity index (χ4n) is 2.46. The van der Waals surface area contributed by atoms with Crippen LogP contribution >= 0.6 is 15.9 Å². The molecule has 2 unspecified atom stereocenters. The van der Waals surface area contributed by atoms with Gasteiger partial charge in [-0.1, -0.05) is 28.8 Å². The summed E-state index contributed by atoms with van der Waals surface area (Å²) in [6, 6.07) is 2.49. The zero-order valence-electron chi connectivity index (χ0n) is 11.0. The molecule has 112 valence electrons. The number of alkyl halides is 1. The lowest BCUT2D eigenvalue weighted by molar-refractivity contribution is 0.297. The van der Waals surface area contributed by atoms with Crippen molar-refractivity contribution in [3.05, 3.63) is 29.8 Å². The van der Waals surface area contributed by atoms with Crippen LogP contribution in [0.3, 0.4) is 0 Å². The summed E-state index contributed by atoms with van der Waals surface area (Å²) >= 11 is 3.51. The molecule has 0 bridgehead atoms. The van der Waals surface area contributed by atoms with Crippen molar-refractivity contribution in [2.45, 2.75) is 41.4 Å². The van der Waals surface area contributed by atoms with Crippen LogP contribution in [0.2, 0.25) is 0 Å². The smallest absolute Gasteiger partial charge is 0.207 e. The normalized spacial score (nSPS) is 24.1. The van der Waals surface area contributed by atoms with Gasteiger partial charge in [0.15, 0.2) is 11.6 Å². The molecule has 0 aliphatic heterocycles. The van der Waals surface area contributed by atoms with Gasteiger partial charge in [0.05, 0.1) is 4.90 Å². The first-order valence-corrected chi connectivity index (χ1v) is 8.77. The fraction of sp³-hybridized carbons (Fsp3) is 0.538. The lowest BCUT2D eigenvalue weighted by atomic mass is 9.96. The molecular weight excluding hydrogens is 352 g/mol. The van der Waals surface area contributed by atoms with Gasteiger partial charge in [0.25, 0.3) is 0 Å². The number of rotatable bonds is 3. The molecule has 0 radical (unpaired) electrons. The van der Waals surface area contributed by atoms with E-state index in [9.17, 15) is 17.2 Å². The topological polar surface area (TPSA) is 37.4 Å². The first kappa shape index (κ1) is 15.9. The highest BCUT2D eigenvalue weighted by atomic mass is 79.9. The van der Waals surface area contributed by atoms with Crippen molar-refractivity contribution in [2.24, 2.45) is 0 Å². The molecule has 0 saturated heterocycles. The second kappa shape index (κ2) is 6.07. The molecule has 2 atom stereocenters. The summed E-state index contributed by atoms with van der Waals surface area (Å²) in [5.41, 5.74) is 0. The molecule has 0 aromatic heterocycles. The summed E-state index contributed by atoms with van der Waals surface area (Å²) in [6.07, 6.45) is 3.69. The van der Waals surface area contributed by atoms with E-state index >= 15 is 0 Å². The van der Waals surface area contributed by atoms with E-state index in [-0.39, 0.29) is 15.8 Å². The summed E-state index contributed by atoms with van der Waals surface area (Å²) in [6.45, 7) is 0. The lowest BCUT2D eigenvalue weighted by Gasteiger charge is -2.34. The highest BCUT2D eigenvalue weighted by Gasteiger charge is 2.34. The number of hydrogen-bond donors (Lipinski definition) is 0. The van der Waals surface area contributed by atoms with Gasteiger partial charge in [-0.25, -0.2) is 17.2 Å². The highest BCUT2D eigenvalue weighted by Crippen LogP contribution is 2.31. The zero-order chi connectivity index (χ0) is 14.9. The summed E-state index contributed by atoms with van der Waals surface area (Å²) in [4.78, 5) is -0.134. The van der Waals surface area contributed by atoms with Crippen LogP contribution in [0.25, 0.3) is 0 Å². The Balaban J connectivity index is 2.31. The second-order valence-corrected chi connectivity index (χ2v) is 8.14. The minimum Gasteiger partial charge on any atom is -0.207 e. The molecule has 7 heteroatoms. The van der Waals surface area contributed by atoms with Gasteiger partial charge >= 0.3 is 0 Å². The van der Waals surface area contributed by atoms with Crippen molar-refractivity contribution in [1.82, 2.24) is 4.31 Å². The molecule has 1 saturated carbocycles. The van der Waals surface area contributed by atoms with E-state index in [1.807, 2.05) is 0 Å². The van der Waals surface area contributed by atoms with Crippen molar-refractivity contribution in [2.75, 3.05) is 7.05 Å². The molecule has 1 aromatic carbocycles. The summed E-state index contributed by atoms with van der Waals surface area (Å²) in [5.74, 6) is -2.21. The van der Waals surface area contributed by atoms with E-state index in [1.165, 1.54) is 11.4 Å². The van der Waals surface area contributed by atoms with Crippen molar-refractivity contribution < 1.29 is 17.2 Å². The quantitative estimate of drug-likeness (QED) is 0.768. The van der Waals surface area contributed by atoms with Gasteiger partial charge in [-0.15, -0.1) is 0 Å². The molecular formula is C13H16BrF2NO2S. The number of halogens is 3. The molecule has 1 aliphatic rings. The minimum absolute atomic E-state index is 0.0846. The molecule has 20 heavy (non-hydrogen) atoms. The molecule has 1 fully saturated rings. The standard InChI is InChI=1S/C13H16BrF2NO2S/c1-17(13-5-3-2-4-10(13)14)20(18,19)9-6-7-11(15)12(16)8-9/h6-8,10,13H,2-5H2,1H3. The lowest BCUT2D eigenvalue weighted by Crippen LogP contribution is -2.44. The van der Waals surface area contributed by atoms with Crippen LogP contribution in [0.15, 0.2) is 23.1 Å². The van der Waals surface area contributed by atoms with Crippen LogP contribution in [-0.2, 0) is 10.0 Å². The van der Waals surface area contributed by atoms with Crippen molar-refractivity contribution in [3.8, 4) is 0 Å². The Morgan fingerprint density at radius 1 is 1.20 bits per heavy atom. The van der Waals surface area contributed by atoms with Gasteiger partial charge in [-0.2, -0.15) is 4.31 Å².